The molecule has 0 amide bonds. The molecule has 0 aliphatic rings. The molecule has 0 saturated carbocycles. The number of hydrogen-bond acceptors (Lipinski definition) is 7. The Morgan fingerprint density at radius 1 is 1.50 bits per heavy atom. The summed E-state index contributed by atoms with van der Waals surface area (Å²) in [6.07, 6.45) is 1.25. The van der Waals surface area contributed by atoms with Crippen molar-refractivity contribution < 1.29 is 4.92 Å². The molecule has 0 aliphatic carbocycles. The van der Waals surface area contributed by atoms with Gasteiger partial charge in [0.25, 0.3) is 0 Å². The second-order valence-corrected chi connectivity index (χ2v) is 5.21. The van der Waals surface area contributed by atoms with E-state index in [1.54, 1.807) is 11.9 Å². The van der Waals surface area contributed by atoms with E-state index in [1.165, 1.54) is 6.33 Å². The molecule has 1 rings (SSSR count). The van der Waals surface area contributed by atoms with Gasteiger partial charge in [-0.25, -0.2) is 15.8 Å². The fourth-order valence-electron chi connectivity index (χ4n) is 1.71. The number of nitrogen functional groups attached to an aromatic ring is 1. The molecule has 3 N–H and O–H groups in total. The highest BCUT2D eigenvalue weighted by atomic mass is 16.6. The van der Waals surface area contributed by atoms with Crippen LogP contribution < -0.4 is 16.2 Å². The minimum Gasteiger partial charge on any atom is -0.353 e. The molecule has 8 heteroatoms. The fraction of sp³-hybridized carbons (Fsp3) is 0.600. The summed E-state index contributed by atoms with van der Waals surface area (Å²) >= 11 is 0. The Bertz CT molecular complexity index is 442. The van der Waals surface area contributed by atoms with Gasteiger partial charge in [0.15, 0.2) is 0 Å². The number of nitrogens with two attached hydrogens (primary N) is 1. The monoisotopic (exact) mass is 254 g/mol. The Labute approximate surface area is 105 Å². The Balaban J connectivity index is 3.19. The van der Waals surface area contributed by atoms with E-state index in [1.807, 2.05) is 20.8 Å². The SMILES string of the molecule is CN(CC(C)(C)C)c1ncnc(NN)c1[N+](=O)[O-]. The standard InChI is InChI=1S/C10H18N6O2/c1-10(2,3)5-15(4)9-7(16(17)18)8(14-11)12-6-13-9/h6H,5,11H2,1-4H3,(H,12,13,14). The summed E-state index contributed by atoms with van der Waals surface area (Å²) in [5.41, 5.74) is 1.99. The topological polar surface area (TPSA) is 110 Å². The molecule has 0 spiro atoms. The molecule has 0 fully saturated rings. The Morgan fingerprint density at radius 2 is 2.11 bits per heavy atom. The molecule has 0 aromatic carbocycles. The predicted octanol–water partition coefficient (Wildman–Crippen LogP) is 1.15. The molecule has 0 radical (unpaired) electrons. The van der Waals surface area contributed by atoms with Crippen LogP contribution in [0.1, 0.15) is 20.8 Å². The second kappa shape index (κ2) is 5.13. The summed E-state index contributed by atoms with van der Waals surface area (Å²) in [5.74, 6) is 5.47. The lowest BCUT2D eigenvalue weighted by molar-refractivity contribution is -0.383. The van der Waals surface area contributed by atoms with Gasteiger partial charge in [-0.15, -0.1) is 0 Å². The maximum absolute atomic E-state index is 11.1. The predicted molar refractivity (Wildman–Crippen MR) is 69.2 cm³/mol. The highest BCUT2D eigenvalue weighted by Gasteiger charge is 2.26. The number of nitrogens with zero attached hydrogens (tertiary/aromatic N) is 4. The van der Waals surface area contributed by atoms with Crippen molar-refractivity contribution in [3.05, 3.63) is 16.4 Å². The lowest BCUT2D eigenvalue weighted by atomic mass is 9.96. The smallest absolute Gasteiger partial charge is 0.353 e. The molecule has 0 saturated heterocycles. The average Bonchev–Trinajstić information content (AvgIpc) is 2.25. The first kappa shape index (κ1) is 14.1. The molecule has 100 valence electrons. The summed E-state index contributed by atoms with van der Waals surface area (Å²) in [5, 5.41) is 11.1. The molecule has 18 heavy (non-hydrogen) atoms. The van der Waals surface area contributed by atoms with Crippen LogP contribution in [0.5, 0.6) is 0 Å². The third kappa shape index (κ3) is 3.27. The molecular weight excluding hydrogens is 236 g/mol. The van der Waals surface area contributed by atoms with Crippen LogP contribution in [0.4, 0.5) is 17.3 Å². The van der Waals surface area contributed by atoms with Crippen LogP contribution in [0.2, 0.25) is 0 Å². The van der Waals surface area contributed by atoms with Crippen molar-refractivity contribution in [1.29, 1.82) is 0 Å². The highest BCUT2D eigenvalue weighted by Crippen LogP contribution is 2.31. The summed E-state index contributed by atoms with van der Waals surface area (Å²) in [4.78, 5) is 20.0. The molecule has 1 aromatic heterocycles. The number of aromatic nitrogens is 2. The fourth-order valence-corrected chi connectivity index (χ4v) is 1.71. The van der Waals surface area contributed by atoms with Crippen LogP contribution in [0, 0.1) is 15.5 Å². The van der Waals surface area contributed by atoms with Crippen LogP contribution in [0.15, 0.2) is 6.33 Å². The number of rotatable bonds is 4. The van der Waals surface area contributed by atoms with Crippen molar-refractivity contribution in [3.63, 3.8) is 0 Å². The van der Waals surface area contributed by atoms with Crippen molar-refractivity contribution in [1.82, 2.24) is 9.97 Å². The Morgan fingerprint density at radius 3 is 2.56 bits per heavy atom. The van der Waals surface area contributed by atoms with Gasteiger partial charge >= 0.3 is 5.69 Å². The highest BCUT2D eigenvalue weighted by molar-refractivity contribution is 5.69. The van der Waals surface area contributed by atoms with Crippen molar-refractivity contribution in [2.75, 3.05) is 23.9 Å². The van der Waals surface area contributed by atoms with E-state index in [0.717, 1.165) is 0 Å². The van der Waals surface area contributed by atoms with Gasteiger partial charge in [-0.05, 0) is 5.41 Å². The van der Waals surface area contributed by atoms with E-state index < -0.39 is 4.92 Å². The van der Waals surface area contributed by atoms with E-state index >= 15 is 0 Å². The first-order chi connectivity index (χ1) is 8.26. The lowest BCUT2D eigenvalue weighted by Crippen LogP contribution is -2.30. The van der Waals surface area contributed by atoms with Crippen LogP contribution in [-0.2, 0) is 0 Å². The Kier molecular flexibility index (Phi) is 4.02. The first-order valence-corrected chi connectivity index (χ1v) is 5.43. The minimum absolute atomic E-state index is 0.00533. The first-order valence-electron chi connectivity index (χ1n) is 5.43. The van der Waals surface area contributed by atoms with Crippen molar-refractivity contribution >= 4 is 17.3 Å². The molecule has 0 unspecified atom stereocenters. The third-order valence-electron chi connectivity index (χ3n) is 2.20. The van der Waals surface area contributed by atoms with Gasteiger partial charge in [0, 0.05) is 13.6 Å². The van der Waals surface area contributed by atoms with E-state index in [4.69, 9.17) is 5.84 Å². The molecule has 1 aromatic rings. The largest absolute Gasteiger partial charge is 0.354 e. The maximum Gasteiger partial charge on any atom is 0.354 e. The van der Waals surface area contributed by atoms with Crippen LogP contribution >= 0.6 is 0 Å². The zero-order valence-electron chi connectivity index (χ0n) is 11.0. The van der Waals surface area contributed by atoms with Gasteiger partial charge in [0.1, 0.15) is 6.33 Å². The second-order valence-electron chi connectivity index (χ2n) is 5.21. The van der Waals surface area contributed by atoms with Crippen LogP contribution in [-0.4, -0.2) is 28.5 Å². The van der Waals surface area contributed by atoms with E-state index in [0.29, 0.717) is 6.54 Å². The number of nitro groups is 1. The summed E-state index contributed by atoms with van der Waals surface area (Å²) in [6, 6.07) is 0. The van der Waals surface area contributed by atoms with Gasteiger partial charge < -0.3 is 10.3 Å². The molecule has 1 heterocycles. The summed E-state index contributed by atoms with van der Waals surface area (Å²) < 4.78 is 0. The zero-order chi connectivity index (χ0) is 13.9. The van der Waals surface area contributed by atoms with Crippen LogP contribution in [0.25, 0.3) is 0 Å². The quantitative estimate of drug-likeness (QED) is 0.471. The average molecular weight is 254 g/mol. The zero-order valence-corrected chi connectivity index (χ0v) is 11.0. The number of anilines is 2. The van der Waals surface area contributed by atoms with Gasteiger partial charge in [-0.1, -0.05) is 20.8 Å². The van der Waals surface area contributed by atoms with Crippen molar-refractivity contribution in [2.45, 2.75) is 20.8 Å². The van der Waals surface area contributed by atoms with E-state index in [9.17, 15) is 10.1 Å². The molecule has 8 nitrogen and oxygen atoms in total. The van der Waals surface area contributed by atoms with E-state index in [-0.39, 0.29) is 22.7 Å². The number of hydrazine groups is 1. The molecule has 0 atom stereocenters. The van der Waals surface area contributed by atoms with Gasteiger partial charge in [0.05, 0.1) is 4.92 Å². The molecule has 0 aliphatic heterocycles. The number of hydrogen-bond donors (Lipinski definition) is 2. The Hall–Kier alpha value is -1.96. The molecule has 0 bridgehead atoms. The number of nitrogens with one attached hydrogen (secondary N) is 1. The van der Waals surface area contributed by atoms with Gasteiger partial charge in [0.2, 0.25) is 11.6 Å². The summed E-state index contributed by atoms with van der Waals surface area (Å²) in [7, 11) is 1.75. The van der Waals surface area contributed by atoms with Crippen LogP contribution in [0.3, 0.4) is 0 Å². The van der Waals surface area contributed by atoms with Gasteiger partial charge in [-0.2, -0.15) is 0 Å². The van der Waals surface area contributed by atoms with E-state index in [2.05, 4.69) is 15.4 Å². The minimum atomic E-state index is -0.538. The van der Waals surface area contributed by atoms with Crippen molar-refractivity contribution in [3.8, 4) is 0 Å². The maximum atomic E-state index is 11.1. The third-order valence-corrected chi connectivity index (χ3v) is 2.20. The molecular formula is C10H18N6O2. The van der Waals surface area contributed by atoms with Crippen molar-refractivity contribution in [2.24, 2.45) is 11.3 Å². The lowest BCUT2D eigenvalue weighted by Gasteiger charge is -2.27. The summed E-state index contributed by atoms with van der Waals surface area (Å²) in [6.45, 7) is 6.74. The normalized spacial score (nSPS) is 11.2. The van der Waals surface area contributed by atoms with Gasteiger partial charge in [-0.3, -0.25) is 10.1 Å².